The summed E-state index contributed by atoms with van der Waals surface area (Å²) >= 11 is 0. The second-order valence-corrected chi connectivity index (χ2v) is 7.47. The fourth-order valence-electron chi connectivity index (χ4n) is 2.95. The Bertz CT molecular complexity index is 242. The molecule has 2 heteroatoms. The summed E-state index contributed by atoms with van der Waals surface area (Å²) in [6.07, 6.45) is 4.08. The van der Waals surface area contributed by atoms with Crippen LogP contribution in [0.3, 0.4) is 0 Å². The maximum absolute atomic E-state index is 3.61. The van der Waals surface area contributed by atoms with E-state index >= 15 is 0 Å². The summed E-state index contributed by atoms with van der Waals surface area (Å²) in [6, 6.07) is 0.709. The molecule has 1 rings (SSSR count). The highest BCUT2D eigenvalue weighted by molar-refractivity contribution is 4.85. The van der Waals surface area contributed by atoms with Gasteiger partial charge in [0, 0.05) is 6.04 Å². The molecule has 1 N–H and O–H groups in total. The van der Waals surface area contributed by atoms with E-state index in [4.69, 9.17) is 0 Å². The van der Waals surface area contributed by atoms with Crippen LogP contribution in [0, 0.1) is 17.3 Å². The molecule has 0 saturated carbocycles. The predicted octanol–water partition coefficient (Wildman–Crippen LogP) is 3.77. The molecule has 2 nitrogen and oxygen atoms in total. The molecule has 1 saturated heterocycles. The van der Waals surface area contributed by atoms with Crippen LogP contribution in [-0.4, -0.2) is 37.1 Å². The zero-order valence-electron chi connectivity index (χ0n) is 14.1. The lowest BCUT2D eigenvalue weighted by Gasteiger charge is -2.43. The first-order valence-electron chi connectivity index (χ1n) is 8.32. The average molecular weight is 268 g/mol. The smallest absolute Gasteiger partial charge is 0.0105 e. The Morgan fingerprint density at radius 2 is 1.63 bits per heavy atom. The first-order valence-corrected chi connectivity index (χ1v) is 8.32. The van der Waals surface area contributed by atoms with Crippen LogP contribution in [0.1, 0.15) is 60.8 Å². The lowest BCUT2D eigenvalue weighted by molar-refractivity contribution is 0.0666. The number of hydrogen-bond acceptors (Lipinski definition) is 2. The molecule has 2 atom stereocenters. The van der Waals surface area contributed by atoms with E-state index in [0.717, 1.165) is 24.9 Å². The molecule has 0 aromatic heterocycles. The molecule has 0 aliphatic carbocycles. The number of nitrogens with zero attached hydrogens (tertiary/aromatic N) is 1. The zero-order valence-corrected chi connectivity index (χ0v) is 14.1. The van der Waals surface area contributed by atoms with Crippen molar-refractivity contribution in [2.24, 2.45) is 17.3 Å². The van der Waals surface area contributed by atoms with Gasteiger partial charge in [0.05, 0.1) is 0 Å². The lowest BCUT2D eigenvalue weighted by atomic mass is 9.77. The van der Waals surface area contributed by atoms with Gasteiger partial charge < -0.3 is 10.2 Å². The van der Waals surface area contributed by atoms with Gasteiger partial charge in [-0.1, -0.05) is 41.0 Å². The van der Waals surface area contributed by atoms with Crippen LogP contribution < -0.4 is 5.32 Å². The van der Waals surface area contributed by atoms with Crippen molar-refractivity contribution >= 4 is 0 Å². The van der Waals surface area contributed by atoms with Crippen molar-refractivity contribution < 1.29 is 0 Å². The largest absolute Gasteiger partial charge is 0.316 e. The first-order chi connectivity index (χ1) is 8.88. The Morgan fingerprint density at radius 1 is 1.05 bits per heavy atom. The SMILES string of the molecule is CCC1(C)CCN(C(C)C(C)CNCC(C)C)CC1. The summed E-state index contributed by atoms with van der Waals surface area (Å²) in [5.74, 6) is 1.49. The summed E-state index contributed by atoms with van der Waals surface area (Å²) in [6.45, 7) is 19.0. The van der Waals surface area contributed by atoms with Crippen molar-refractivity contribution in [1.29, 1.82) is 0 Å². The quantitative estimate of drug-likeness (QED) is 0.756. The van der Waals surface area contributed by atoms with E-state index in [1.165, 1.54) is 32.4 Å². The Labute approximate surface area is 121 Å². The molecule has 0 radical (unpaired) electrons. The molecule has 2 unspecified atom stereocenters. The molecule has 0 aromatic rings. The van der Waals surface area contributed by atoms with Gasteiger partial charge in [0.1, 0.15) is 0 Å². The Morgan fingerprint density at radius 3 is 2.11 bits per heavy atom. The molecule has 1 fully saturated rings. The van der Waals surface area contributed by atoms with Gasteiger partial charge in [-0.2, -0.15) is 0 Å². The van der Waals surface area contributed by atoms with Gasteiger partial charge in [-0.3, -0.25) is 0 Å². The minimum absolute atomic E-state index is 0.606. The van der Waals surface area contributed by atoms with E-state index < -0.39 is 0 Å². The minimum Gasteiger partial charge on any atom is -0.316 e. The third kappa shape index (κ3) is 5.43. The van der Waals surface area contributed by atoms with Crippen molar-refractivity contribution in [2.45, 2.75) is 66.8 Å². The molecule has 114 valence electrons. The highest BCUT2D eigenvalue weighted by Gasteiger charge is 2.31. The molecule has 0 bridgehead atoms. The second kappa shape index (κ2) is 7.64. The maximum atomic E-state index is 3.61. The summed E-state index contributed by atoms with van der Waals surface area (Å²) < 4.78 is 0. The average Bonchev–Trinajstić information content (AvgIpc) is 2.38. The molecule has 0 spiro atoms. The van der Waals surface area contributed by atoms with Crippen LogP contribution in [0.5, 0.6) is 0 Å². The third-order valence-electron chi connectivity index (χ3n) is 5.28. The number of rotatable bonds is 7. The fourth-order valence-corrected chi connectivity index (χ4v) is 2.95. The molecule has 0 amide bonds. The van der Waals surface area contributed by atoms with Crippen LogP contribution >= 0.6 is 0 Å². The molecule has 1 heterocycles. The summed E-state index contributed by atoms with van der Waals surface area (Å²) in [7, 11) is 0. The fraction of sp³-hybridized carbons (Fsp3) is 1.00. The number of piperidine rings is 1. The molecular weight excluding hydrogens is 232 g/mol. The highest BCUT2D eigenvalue weighted by Crippen LogP contribution is 2.35. The van der Waals surface area contributed by atoms with Gasteiger partial charge in [-0.25, -0.2) is 0 Å². The van der Waals surface area contributed by atoms with Crippen molar-refractivity contribution in [1.82, 2.24) is 10.2 Å². The predicted molar refractivity (Wildman–Crippen MR) is 85.5 cm³/mol. The van der Waals surface area contributed by atoms with Crippen LogP contribution in [0.15, 0.2) is 0 Å². The van der Waals surface area contributed by atoms with Crippen molar-refractivity contribution in [3.63, 3.8) is 0 Å². The maximum Gasteiger partial charge on any atom is 0.0105 e. The van der Waals surface area contributed by atoms with Gasteiger partial charge in [0.15, 0.2) is 0 Å². The molecular formula is C17H36N2. The summed E-state index contributed by atoms with van der Waals surface area (Å²) in [4.78, 5) is 2.71. The lowest BCUT2D eigenvalue weighted by Crippen LogP contribution is -2.47. The van der Waals surface area contributed by atoms with Crippen molar-refractivity contribution in [3.8, 4) is 0 Å². The normalized spacial score (nSPS) is 23.5. The van der Waals surface area contributed by atoms with Crippen molar-refractivity contribution in [3.05, 3.63) is 0 Å². The van der Waals surface area contributed by atoms with Gasteiger partial charge in [-0.15, -0.1) is 0 Å². The Hall–Kier alpha value is -0.0800. The van der Waals surface area contributed by atoms with Crippen LogP contribution in [0.25, 0.3) is 0 Å². The first kappa shape index (κ1) is 17.0. The Kier molecular flexibility index (Phi) is 6.82. The summed E-state index contributed by atoms with van der Waals surface area (Å²) in [5.41, 5.74) is 0.606. The van der Waals surface area contributed by atoms with E-state index in [1.54, 1.807) is 0 Å². The molecule has 19 heavy (non-hydrogen) atoms. The van der Waals surface area contributed by atoms with Crippen LogP contribution in [-0.2, 0) is 0 Å². The van der Waals surface area contributed by atoms with Gasteiger partial charge >= 0.3 is 0 Å². The monoisotopic (exact) mass is 268 g/mol. The van der Waals surface area contributed by atoms with Crippen LogP contribution in [0.2, 0.25) is 0 Å². The number of likely N-dealkylation sites (tertiary alicyclic amines) is 1. The van der Waals surface area contributed by atoms with E-state index in [1.807, 2.05) is 0 Å². The summed E-state index contributed by atoms with van der Waals surface area (Å²) in [5, 5.41) is 3.61. The van der Waals surface area contributed by atoms with E-state index in [0.29, 0.717) is 11.5 Å². The van der Waals surface area contributed by atoms with E-state index in [2.05, 4.69) is 51.8 Å². The standard InChI is InChI=1S/C17H36N2/c1-7-17(6)8-10-19(11-9-17)16(5)15(4)13-18-12-14(2)3/h14-16,18H,7-13H2,1-6H3. The van der Waals surface area contributed by atoms with E-state index in [-0.39, 0.29) is 0 Å². The van der Waals surface area contributed by atoms with Crippen molar-refractivity contribution in [2.75, 3.05) is 26.2 Å². The van der Waals surface area contributed by atoms with Gasteiger partial charge in [-0.05, 0) is 63.2 Å². The van der Waals surface area contributed by atoms with Crippen LogP contribution in [0.4, 0.5) is 0 Å². The zero-order chi connectivity index (χ0) is 14.5. The molecule has 1 aliphatic heterocycles. The molecule has 0 aromatic carbocycles. The highest BCUT2D eigenvalue weighted by atomic mass is 15.2. The number of nitrogens with one attached hydrogen (secondary N) is 1. The second-order valence-electron chi connectivity index (χ2n) is 7.47. The van der Waals surface area contributed by atoms with Gasteiger partial charge in [0.2, 0.25) is 0 Å². The van der Waals surface area contributed by atoms with Gasteiger partial charge in [0.25, 0.3) is 0 Å². The topological polar surface area (TPSA) is 15.3 Å². The van der Waals surface area contributed by atoms with E-state index in [9.17, 15) is 0 Å². The minimum atomic E-state index is 0.606. The number of hydrogen-bond donors (Lipinski definition) is 1. The Balaban J connectivity index is 2.31. The molecule has 1 aliphatic rings. The third-order valence-corrected chi connectivity index (χ3v) is 5.28.